The maximum absolute atomic E-state index is 12.8. The van der Waals surface area contributed by atoms with Crippen LogP contribution in [0.25, 0.3) is 0 Å². The van der Waals surface area contributed by atoms with Crippen molar-refractivity contribution in [3.05, 3.63) is 90.0 Å². The molecule has 1 atom stereocenters. The molecule has 1 unspecified atom stereocenters. The summed E-state index contributed by atoms with van der Waals surface area (Å²) in [5, 5.41) is 11.6. The fraction of sp³-hybridized carbons (Fsp3) is 0.125. The lowest BCUT2D eigenvalue weighted by Crippen LogP contribution is -2.30. The molecule has 0 aliphatic carbocycles. The van der Waals surface area contributed by atoms with Crippen molar-refractivity contribution in [1.29, 1.82) is 5.26 Å². The van der Waals surface area contributed by atoms with Crippen LogP contribution in [-0.2, 0) is 4.79 Å². The molecular weight excluding hydrogens is 378 g/mol. The fourth-order valence-corrected chi connectivity index (χ4v) is 2.80. The lowest BCUT2D eigenvalue weighted by atomic mass is 10.1. The van der Waals surface area contributed by atoms with Crippen molar-refractivity contribution in [2.45, 2.75) is 13.0 Å². The lowest BCUT2D eigenvalue weighted by molar-refractivity contribution is -0.122. The normalized spacial score (nSPS) is 11.1. The number of nitrogens with zero attached hydrogens (tertiary/aromatic N) is 2. The van der Waals surface area contributed by atoms with Crippen molar-refractivity contribution in [1.82, 2.24) is 0 Å². The van der Waals surface area contributed by atoms with E-state index in [9.17, 15) is 9.59 Å². The summed E-state index contributed by atoms with van der Waals surface area (Å²) in [5.74, 6) is -0.0374. The number of nitriles is 1. The SMILES string of the molecule is CC(Oc1ccc(C#N)cc1)C(=O)Nc1cccc(C(=O)N(C)c2ccccc2)c1. The maximum atomic E-state index is 12.8. The second kappa shape index (κ2) is 9.39. The Hall–Kier alpha value is -4.11. The largest absolute Gasteiger partial charge is 0.481 e. The molecule has 2 amide bonds. The van der Waals surface area contributed by atoms with E-state index in [1.54, 1.807) is 67.4 Å². The van der Waals surface area contributed by atoms with Crippen molar-refractivity contribution < 1.29 is 14.3 Å². The number of nitrogens with one attached hydrogen (secondary N) is 1. The zero-order chi connectivity index (χ0) is 21.5. The number of hydrogen-bond acceptors (Lipinski definition) is 4. The number of benzene rings is 3. The quantitative estimate of drug-likeness (QED) is 0.672. The Bertz CT molecular complexity index is 1070. The van der Waals surface area contributed by atoms with Gasteiger partial charge in [0.15, 0.2) is 6.10 Å². The third-order valence-corrected chi connectivity index (χ3v) is 4.49. The zero-order valence-electron chi connectivity index (χ0n) is 16.7. The molecule has 0 spiro atoms. The van der Waals surface area contributed by atoms with E-state index in [2.05, 4.69) is 5.32 Å². The third-order valence-electron chi connectivity index (χ3n) is 4.49. The third kappa shape index (κ3) is 5.03. The van der Waals surface area contributed by atoms with Crippen LogP contribution in [0.15, 0.2) is 78.9 Å². The van der Waals surface area contributed by atoms with Gasteiger partial charge in [-0.2, -0.15) is 5.26 Å². The van der Waals surface area contributed by atoms with Gasteiger partial charge in [0.2, 0.25) is 0 Å². The van der Waals surface area contributed by atoms with Gasteiger partial charge in [-0.1, -0.05) is 24.3 Å². The topological polar surface area (TPSA) is 82.4 Å². The first-order chi connectivity index (χ1) is 14.5. The van der Waals surface area contributed by atoms with E-state index in [0.717, 1.165) is 5.69 Å². The average Bonchev–Trinajstić information content (AvgIpc) is 2.79. The van der Waals surface area contributed by atoms with E-state index >= 15 is 0 Å². The summed E-state index contributed by atoms with van der Waals surface area (Å²) in [7, 11) is 1.70. The summed E-state index contributed by atoms with van der Waals surface area (Å²) in [4.78, 5) is 26.8. The van der Waals surface area contributed by atoms with Gasteiger partial charge in [-0.25, -0.2) is 0 Å². The fourth-order valence-electron chi connectivity index (χ4n) is 2.80. The molecule has 150 valence electrons. The van der Waals surface area contributed by atoms with E-state index in [-0.39, 0.29) is 11.8 Å². The molecule has 0 radical (unpaired) electrons. The molecule has 30 heavy (non-hydrogen) atoms. The maximum Gasteiger partial charge on any atom is 0.265 e. The van der Waals surface area contributed by atoms with Gasteiger partial charge in [-0.05, 0) is 61.5 Å². The molecule has 0 saturated carbocycles. The van der Waals surface area contributed by atoms with Crippen LogP contribution < -0.4 is 15.0 Å². The van der Waals surface area contributed by atoms with E-state index in [1.807, 2.05) is 36.4 Å². The Kier molecular flexibility index (Phi) is 6.46. The summed E-state index contributed by atoms with van der Waals surface area (Å²) in [6, 6.07) is 24.6. The number of ether oxygens (including phenoxy) is 1. The minimum absolute atomic E-state index is 0.181. The first kappa shape index (κ1) is 20.6. The second-order valence-electron chi connectivity index (χ2n) is 6.67. The summed E-state index contributed by atoms with van der Waals surface area (Å²) in [6.07, 6.45) is -0.760. The van der Waals surface area contributed by atoms with Crippen LogP contribution in [0, 0.1) is 11.3 Å². The van der Waals surface area contributed by atoms with Gasteiger partial charge in [-0.15, -0.1) is 0 Å². The Morgan fingerprint density at radius 3 is 2.37 bits per heavy atom. The number of carbonyl (C=O) groups excluding carboxylic acids is 2. The van der Waals surface area contributed by atoms with E-state index < -0.39 is 6.10 Å². The van der Waals surface area contributed by atoms with Crippen LogP contribution in [-0.4, -0.2) is 25.0 Å². The van der Waals surface area contributed by atoms with Crippen LogP contribution in [0.5, 0.6) is 5.75 Å². The molecule has 0 aliphatic heterocycles. The second-order valence-corrected chi connectivity index (χ2v) is 6.67. The minimum atomic E-state index is -0.760. The van der Waals surface area contributed by atoms with Crippen LogP contribution in [0.3, 0.4) is 0 Å². The van der Waals surface area contributed by atoms with Gasteiger partial charge in [0.05, 0.1) is 11.6 Å². The van der Waals surface area contributed by atoms with Gasteiger partial charge < -0.3 is 15.0 Å². The highest BCUT2D eigenvalue weighted by molar-refractivity contribution is 6.06. The van der Waals surface area contributed by atoms with Crippen molar-refractivity contribution in [3.63, 3.8) is 0 Å². The summed E-state index contributed by atoms with van der Waals surface area (Å²) >= 11 is 0. The molecule has 6 nitrogen and oxygen atoms in total. The van der Waals surface area contributed by atoms with Crippen LogP contribution in [0.2, 0.25) is 0 Å². The lowest BCUT2D eigenvalue weighted by Gasteiger charge is -2.18. The number of carbonyl (C=O) groups is 2. The van der Waals surface area contributed by atoms with Crippen molar-refractivity contribution in [2.24, 2.45) is 0 Å². The van der Waals surface area contributed by atoms with E-state index in [0.29, 0.717) is 22.6 Å². The zero-order valence-corrected chi connectivity index (χ0v) is 16.7. The highest BCUT2D eigenvalue weighted by atomic mass is 16.5. The first-order valence-corrected chi connectivity index (χ1v) is 9.39. The number of hydrogen-bond donors (Lipinski definition) is 1. The predicted molar refractivity (Wildman–Crippen MR) is 115 cm³/mol. The molecule has 0 aromatic heterocycles. The summed E-state index contributed by atoms with van der Waals surface area (Å²) < 4.78 is 5.62. The number of anilines is 2. The van der Waals surface area contributed by atoms with Crippen LogP contribution >= 0.6 is 0 Å². The standard InChI is InChI=1S/C24H21N3O3/c1-17(30-22-13-11-18(16-25)12-14-22)23(28)26-20-8-6-7-19(15-20)24(29)27(2)21-9-4-3-5-10-21/h3-15,17H,1-2H3,(H,26,28). The molecule has 0 saturated heterocycles. The Balaban J connectivity index is 1.65. The Labute approximate surface area is 175 Å². The molecule has 0 heterocycles. The molecule has 0 fully saturated rings. The van der Waals surface area contributed by atoms with Crippen molar-refractivity contribution in [2.75, 3.05) is 17.3 Å². The number of amides is 2. The van der Waals surface area contributed by atoms with Crippen LogP contribution in [0.1, 0.15) is 22.8 Å². The first-order valence-electron chi connectivity index (χ1n) is 9.39. The Morgan fingerprint density at radius 1 is 1.00 bits per heavy atom. The Morgan fingerprint density at radius 2 is 1.70 bits per heavy atom. The molecule has 0 aliphatic rings. The van der Waals surface area contributed by atoms with Gasteiger partial charge in [0.1, 0.15) is 5.75 Å². The number of rotatable bonds is 6. The summed E-state index contributed by atoms with van der Waals surface area (Å²) in [6.45, 7) is 1.63. The van der Waals surface area contributed by atoms with Gasteiger partial charge in [0.25, 0.3) is 11.8 Å². The highest BCUT2D eigenvalue weighted by Gasteiger charge is 2.17. The average molecular weight is 399 g/mol. The monoisotopic (exact) mass is 399 g/mol. The van der Waals surface area contributed by atoms with Crippen LogP contribution in [0.4, 0.5) is 11.4 Å². The van der Waals surface area contributed by atoms with Gasteiger partial charge in [-0.3, -0.25) is 9.59 Å². The van der Waals surface area contributed by atoms with Gasteiger partial charge >= 0.3 is 0 Å². The number of para-hydroxylation sites is 1. The minimum Gasteiger partial charge on any atom is -0.481 e. The van der Waals surface area contributed by atoms with Crippen molar-refractivity contribution >= 4 is 23.2 Å². The predicted octanol–water partition coefficient (Wildman–Crippen LogP) is 4.24. The molecule has 3 aromatic rings. The summed E-state index contributed by atoms with van der Waals surface area (Å²) in [5.41, 5.74) is 2.25. The van der Waals surface area contributed by atoms with Gasteiger partial charge in [0, 0.05) is 24.0 Å². The molecule has 6 heteroatoms. The molecule has 3 aromatic carbocycles. The van der Waals surface area contributed by atoms with E-state index in [4.69, 9.17) is 10.00 Å². The van der Waals surface area contributed by atoms with Crippen molar-refractivity contribution in [3.8, 4) is 11.8 Å². The molecule has 1 N–H and O–H groups in total. The molecular formula is C24H21N3O3. The molecule has 0 bridgehead atoms. The molecule has 3 rings (SSSR count). The highest BCUT2D eigenvalue weighted by Crippen LogP contribution is 2.18. The smallest absolute Gasteiger partial charge is 0.265 e. The van der Waals surface area contributed by atoms with E-state index in [1.165, 1.54) is 0 Å².